The largest absolute Gasteiger partial charge is 0.395 e. The molecular formula is C16H18FN3O2. The van der Waals surface area contributed by atoms with E-state index in [1.807, 2.05) is 6.92 Å². The number of rotatable bonds is 5. The van der Waals surface area contributed by atoms with Gasteiger partial charge >= 0.3 is 0 Å². The molecule has 1 aliphatic carbocycles. The molecule has 1 N–H and O–H groups in total. The number of hydrogen-bond donors (Lipinski definition) is 1. The lowest BCUT2D eigenvalue weighted by molar-refractivity contribution is 0.0701. The van der Waals surface area contributed by atoms with E-state index in [1.165, 1.54) is 12.1 Å². The van der Waals surface area contributed by atoms with E-state index in [4.69, 9.17) is 5.11 Å². The molecule has 2 aromatic rings. The SMILES string of the molecule is Cc1cc(C(=O)N(CCO)C2CC2)nn1-c1ccc(F)cc1. The molecule has 1 fully saturated rings. The first kappa shape index (κ1) is 14.7. The number of aliphatic hydroxyl groups excluding tert-OH is 1. The maximum atomic E-state index is 13.0. The molecule has 22 heavy (non-hydrogen) atoms. The van der Waals surface area contributed by atoms with Crippen molar-refractivity contribution < 1.29 is 14.3 Å². The molecule has 116 valence electrons. The Bertz CT molecular complexity index is 677. The maximum Gasteiger partial charge on any atom is 0.274 e. The first-order valence-corrected chi connectivity index (χ1v) is 7.34. The lowest BCUT2D eigenvalue weighted by Crippen LogP contribution is -2.35. The monoisotopic (exact) mass is 303 g/mol. The summed E-state index contributed by atoms with van der Waals surface area (Å²) in [4.78, 5) is 14.2. The van der Waals surface area contributed by atoms with Crippen molar-refractivity contribution in [3.63, 3.8) is 0 Å². The highest BCUT2D eigenvalue weighted by Gasteiger charge is 2.33. The fourth-order valence-electron chi connectivity index (χ4n) is 2.51. The van der Waals surface area contributed by atoms with Crippen LogP contribution in [0.5, 0.6) is 0 Å². The highest BCUT2D eigenvalue weighted by molar-refractivity contribution is 5.93. The van der Waals surface area contributed by atoms with E-state index < -0.39 is 0 Å². The fraction of sp³-hybridized carbons (Fsp3) is 0.375. The predicted molar refractivity (Wildman–Crippen MR) is 79.4 cm³/mol. The zero-order chi connectivity index (χ0) is 15.7. The molecule has 1 saturated carbocycles. The quantitative estimate of drug-likeness (QED) is 0.918. The number of aromatic nitrogens is 2. The molecule has 0 radical (unpaired) electrons. The summed E-state index contributed by atoms with van der Waals surface area (Å²) in [5.74, 6) is -0.478. The topological polar surface area (TPSA) is 58.4 Å². The van der Waals surface area contributed by atoms with Crippen LogP contribution in [0, 0.1) is 12.7 Å². The standard InChI is InChI=1S/C16H18FN3O2/c1-11-10-15(16(22)19(8-9-21)13-6-7-13)18-20(11)14-4-2-12(17)3-5-14/h2-5,10,13,21H,6-9H2,1H3. The van der Waals surface area contributed by atoms with Gasteiger partial charge in [0, 0.05) is 18.3 Å². The lowest BCUT2D eigenvalue weighted by atomic mass is 10.3. The normalized spacial score (nSPS) is 14.1. The average molecular weight is 303 g/mol. The molecule has 0 atom stereocenters. The molecule has 1 heterocycles. The minimum absolute atomic E-state index is 0.0557. The van der Waals surface area contributed by atoms with E-state index >= 15 is 0 Å². The zero-order valence-corrected chi connectivity index (χ0v) is 12.4. The second kappa shape index (κ2) is 5.88. The molecule has 0 unspecified atom stereocenters. The number of benzene rings is 1. The Morgan fingerprint density at radius 1 is 1.41 bits per heavy atom. The summed E-state index contributed by atoms with van der Waals surface area (Å²) in [7, 11) is 0. The van der Waals surface area contributed by atoms with Gasteiger partial charge in [0.25, 0.3) is 5.91 Å². The number of nitrogens with zero attached hydrogens (tertiary/aromatic N) is 3. The van der Waals surface area contributed by atoms with Crippen molar-refractivity contribution in [3.05, 3.63) is 47.5 Å². The first-order chi connectivity index (χ1) is 10.6. The van der Waals surface area contributed by atoms with Crippen LogP contribution in [0.3, 0.4) is 0 Å². The minimum atomic E-state index is -0.312. The fourth-order valence-corrected chi connectivity index (χ4v) is 2.51. The van der Waals surface area contributed by atoms with Crippen molar-refractivity contribution in [3.8, 4) is 5.69 Å². The highest BCUT2D eigenvalue weighted by Crippen LogP contribution is 2.28. The summed E-state index contributed by atoms with van der Waals surface area (Å²) in [5, 5.41) is 13.5. The first-order valence-electron chi connectivity index (χ1n) is 7.34. The van der Waals surface area contributed by atoms with Gasteiger partial charge in [0.15, 0.2) is 5.69 Å². The van der Waals surface area contributed by atoms with Crippen LogP contribution >= 0.6 is 0 Å². The number of halogens is 1. The van der Waals surface area contributed by atoms with E-state index in [0.29, 0.717) is 17.9 Å². The van der Waals surface area contributed by atoms with Crippen LogP contribution in [-0.4, -0.2) is 44.9 Å². The van der Waals surface area contributed by atoms with E-state index in [9.17, 15) is 9.18 Å². The van der Waals surface area contributed by atoms with E-state index in [0.717, 1.165) is 18.5 Å². The number of amides is 1. The number of carbonyl (C=O) groups excluding carboxylic acids is 1. The minimum Gasteiger partial charge on any atom is -0.395 e. The van der Waals surface area contributed by atoms with Gasteiger partial charge < -0.3 is 10.0 Å². The summed E-state index contributed by atoms with van der Waals surface area (Å²) in [6, 6.07) is 7.90. The Hall–Kier alpha value is -2.21. The maximum absolute atomic E-state index is 13.0. The molecule has 1 amide bonds. The second-order valence-electron chi connectivity index (χ2n) is 5.51. The van der Waals surface area contributed by atoms with E-state index in [1.54, 1.807) is 27.8 Å². The average Bonchev–Trinajstić information content (AvgIpc) is 3.27. The smallest absolute Gasteiger partial charge is 0.274 e. The van der Waals surface area contributed by atoms with Crippen LogP contribution in [0.4, 0.5) is 4.39 Å². The number of aryl methyl sites for hydroxylation is 1. The molecule has 1 aromatic heterocycles. The van der Waals surface area contributed by atoms with Crippen LogP contribution in [0.1, 0.15) is 29.0 Å². The third-order valence-electron chi connectivity index (χ3n) is 3.77. The Balaban J connectivity index is 1.87. The van der Waals surface area contributed by atoms with Crippen LogP contribution in [0.15, 0.2) is 30.3 Å². The van der Waals surface area contributed by atoms with Gasteiger partial charge in [-0.2, -0.15) is 5.10 Å². The summed E-state index contributed by atoms with van der Waals surface area (Å²) in [6.07, 6.45) is 1.95. The number of hydrogen-bond acceptors (Lipinski definition) is 3. The molecule has 1 aromatic carbocycles. The van der Waals surface area contributed by atoms with Crippen molar-refractivity contribution in [2.45, 2.75) is 25.8 Å². The highest BCUT2D eigenvalue weighted by atomic mass is 19.1. The molecule has 0 spiro atoms. The third kappa shape index (κ3) is 2.87. The van der Waals surface area contributed by atoms with Crippen LogP contribution in [0.25, 0.3) is 5.69 Å². The molecule has 0 saturated heterocycles. The lowest BCUT2D eigenvalue weighted by Gasteiger charge is -2.19. The number of carbonyl (C=O) groups is 1. The van der Waals surface area contributed by atoms with Gasteiger partial charge in [-0.1, -0.05) is 0 Å². The zero-order valence-electron chi connectivity index (χ0n) is 12.4. The molecule has 3 rings (SSSR count). The third-order valence-corrected chi connectivity index (χ3v) is 3.77. The Morgan fingerprint density at radius 3 is 2.68 bits per heavy atom. The summed E-state index contributed by atoms with van der Waals surface area (Å²) < 4.78 is 14.6. The van der Waals surface area contributed by atoms with Gasteiger partial charge in [-0.25, -0.2) is 9.07 Å². The van der Waals surface area contributed by atoms with Gasteiger partial charge in [0.2, 0.25) is 0 Å². The molecule has 0 bridgehead atoms. The van der Waals surface area contributed by atoms with Gasteiger partial charge in [-0.3, -0.25) is 4.79 Å². The Labute approximate surface area is 128 Å². The van der Waals surface area contributed by atoms with E-state index in [-0.39, 0.29) is 24.4 Å². The van der Waals surface area contributed by atoms with Gasteiger partial charge in [-0.15, -0.1) is 0 Å². The van der Waals surface area contributed by atoms with Crippen molar-refractivity contribution in [2.75, 3.05) is 13.2 Å². The molecule has 5 nitrogen and oxygen atoms in total. The van der Waals surface area contributed by atoms with Gasteiger partial charge in [-0.05, 0) is 50.1 Å². The molecule has 1 aliphatic rings. The van der Waals surface area contributed by atoms with Crippen LogP contribution in [0.2, 0.25) is 0 Å². The van der Waals surface area contributed by atoms with Crippen LogP contribution < -0.4 is 0 Å². The molecule has 6 heteroatoms. The summed E-state index contributed by atoms with van der Waals surface area (Å²) in [5.41, 5.74) is 1.86. The van der Waals surface area contributed by atoms with E-state index in [2.05, 4.69) is 5.10 Å². The predicted octanol–water partition coefficient (Wildman–Crippen LogP) is 1.92. The Kier molecular flexibility index (Phi) is 3.94. The van der Waals surface area contributed by atoms with Crippen molar-refractivity contribution in [1.29, 1.82) is 0 Å². The van der Waals surface area contributed by atoms with Gasteiger partial charge in [0.1, 0.15) is 5.82 Å². The van der Waals surface area contributed by atoms with Crippen molar-refractivity contribution >= 4 is 5.91 Å². The van der Waals surface area contributed by atoms with Crippen molar-refractivity contribution in [1.82, 2.24) is 14.7 Å². The van der Waals surface area contributed by atoms with Crippen molar-refractivity contribution in [2.24, 2.45) is 0 Å². The summed E-state index contributed by atoms with van der Waals surface area (Å²) >= 11 is 0. The molecule has 0 aliphatic heterocycles. The summed E-state index contributed by atoms with van der Waals surface area (Å²) in [6.45, 7) is 2.12. The molecular weight excluding hydrogens is 285 g/mol. The Morgan fingerprint density at radius 2 is 2.09 bits per heavy atom. The van der Waals surface area contributed by atoms with Crippen LogP contribution in [-0.2, 0) is 0 Å². The number of aliphatic hydroxyl groups is 1. The van der Waals surface area contributed by atoms with Gasteiger partial charge in [0.05, 0.1) is 12.3 Å². The second-order valence-corrected chi connectivity index (χ2v) is 5.51.